The van der Waals surface area contributed by atoms with Gasteiger partial charge in [0.1, 0.15) is 5.69 Å². The number of hydrogen-bond donors (Lipinski definition) is 0. The van der Waals surface area contributed by atoms with Gasteiger partial charge in [0.15, 0.2) is 6.29 Å². The summed E-state index contributed by atoms with van der Waals surface area (Å²) < 4.78 is 1.76. The van der Waals surface area contributed by atoms with Gasteiger partial charge in [0.25, 0.3) is 0 Å². The lowest BCUT2D eigenvalue weighted by Gasteiger charge is -2.21. The summed E-state index contributed by atoms with van der Waals surface area (Å²) in [5, 5.41) is 5.82. The van der Waals surface area contributed by atoms with Gasteiger partial charge in [-0.25, -0.2) is 4.68 Å². The summed E-state index contributed by atoms with van der Waals surface area (Å²) in [6.07, 6.45) is 1.52. The van der Waals surface area contributed by atoms with Crippen LogP contribution in [0.1, 0.15) is 29.9 Å². The molecule has 6 heteroatoms. The van der Waals surface area contributed by atoms with E-state index in [1.807, 2.05) is 48.5 Å². The van der Waals surface area contributed by atoms with E-state index < -0.39 is 0 Å². The van der Waals surface area contributed by atoms with E-state index in [0.717, 1.165) is 35.3 Å². The zero-order valence-electron chi connectivity index (χ0n) is 16.2. The zero-order chi connectivity index (χ0) is 20.3. The lowest BCUT2D eigenvalue weighted by atomic mass is 10.0. The Hall–Kier alpha value is -2.14. The van der Waals surface area contributed by atoms with Crippen LogP contribution in [0.4, 0.5) is 0 Å². The zero-order valence-corrected chi connectivity index (χ0v) is 17.7. The van der Waals surface area contributed by atoms with Crippen LogP contribution in [0.2, 0.25) is 10.0 Å². The van der Waals surface area contributed by atoms with E-state index in [-0.39, 0.29) is 0 Å². The van der Waals surface area contributed by atoms with Gasteiger partial charge in [-0.3, -0.25) is 4.79 Å². The van der Waals surface area contributed by atoms with Gasteiger partial charge >= 0.3 is 0 Å². The molecule has 4 nitrogen and oxygen atoms in total. The number of carbonyl (C=O) groups excluding carboxylic acids is 1. The fourth-order valence-electron chi connectivity index (χ4n) is 3.06. The first-order chi connectivity index (χ1) is 13.4. The number of nitrogens with zero attached hydrogens (tertiary/aromatic N) is 3. The molecule has 0 aliphatic heterocycles. The molecule has 0 atom stereocenters. The molecule has 0 aliphatic carbocycles. The fourth-order valence-corrected chi connectivity index (χ4v) is 3.40. The molecule has 0 radical (unpaired) electrons. The van der Waals surface area contributed by atoms with Crippen molar-refractivity contribution in [1.29, 1.82) is 0 Å². The second kappa shape index (κ2) is 8.91. The van der Waals surface area contributed by atoms with E-state index >= 15 is 0 Å². The molecule has 0 saturated carbocycles. The molecule has 0 saturated heterocycles. The van der Waals surface area contributed by atoms with Crippen molar-refractivity contribution in [3.63, 3.8) is 0 Å². The van der Waals surface area contributed by atoms with E-state index in [1.165, 1.54) is 0 Å². The predicted octanol–water partition coefficient (Wildman–Crippen LogP) is 5.54. The molecule has 0 fully saturated rings. The smallest absolute Gasteiger partial charge is 0.170 e. The van der Waals surface area contributed by atoms with Gasteiger partial charge < -0.3 is 4.90 Å². The minimum Gasteiger partial charge on any atom is -0.304 e. The summed E-state index contributed by atoms with van der Waals surface area (Å²) in [5.74, 6) is 0. The highest BCUT2D eigenvalue weighted by Crippen LogP contribution is 2.32. The Balaban J connectivity index is 2.18. The van der Waals surface area contributed by atoms with Crippen molar-refractivity contribution in [3.8, 4) is 16.9 Å². The largest absolute Gasteiger partial charge is 0.304 e. The maximum Gasteiger partial charge on any atom is 0.170 e. The maximum absolute atomic E-state index is 11.8. The third kappa shape index (κ3) is 4.30. The molecule has 0 N–H and O–H groups in total. The Labute approximate surface area is 175 Å². The predicted molar refractivity (Wildman–Crippen MR) is 116 cm³/mol. The molecular formula is C22H23Cl2N3O. The minimum absolute atomic E-state index is 0.414. The fraction of sp³-hybridized carbons (Fsp3) is 0.273. The number of rotatable bonds is 7. The van der Waals surface area contributed by atoms with Crippen LogP contribution in [-0.4, -0.2) is 40.6 Å². The van der Waals surface area contributed by atoms with E-state index in [9.17, 15) is 4.79 Å². The molecule has 28 heavy (non-hydrogen) atoms. The highest BCUT2D eigenvalue weighted by molar-refractivity contribution is 6.32. The number of likely N-dealkylation sites (N-methyl/N-ethyl adjacent to an activating group) is 1. The van der Waals surface area contributed by atoms with Crippen molar-refractivity contribution in [1.82, 2.24) is 14.7 Å². The van der Waals surface area contributed by atoms with Crippen molar-refractivity contribution in [2.75, 3.05) is 13.6 Å². The summed E-state index contributed by atoms with van der Waals surface area (Å²) in [6, 6.07) is 15.5. The normalized spacial score (nSPS) is 11.4. The third-order valence-corrected chi connectivity index (χ3v) is 5.49. The average Bonchev–Trinajstić information content (AvgIpc) is 3.05. The summed E-state index contributed by atoms with van der Waals surface area (Å²) >= 11 is 12.5. The lowest BCUT2D eigenvalue weighted by molar-refractivity contribution is 0.111. The van der Waals surface area contributed by atoms with Crippen LogP contribution in [0.3, 0.4) is 0 Å². The Kier molecular flexibility index (Phi) is 6.55. The van der Waals surface area contributed by atoms with Crippen LogP contribution in [0, 0.1) is 0 Å². The second-order valence-electron chi connectivity index (χ2n) is 7.02. The van der Waals surface area contributed by atoms with Crippen LogP contribution in [0.5, 0.6) is 0 Å². The minimum atomic E-state index is 0.414. The molecule has 0 unspecified atom stereocenters. The molecular weight excluding hydrogens is 393 g/mol. The van der Waals surface area contributed by atoms with E-state index in [1.54, 1.807) is 4.68 Å². The summed E-state index contributed by atoms with van der Waals surface area (Å²) in [7, 11) is 2.08. The lowest BCUT2D eigenvalue weighted by Crippen LogP contribution is -2.28. The SMILES string of the molecule is CC(C)N(C)CCc1c(C=O)nn(-c2ccccc2Cl)c1-c1ccc(Cl)cc1. The second-order valence-corrected chi connectivity index (χ2v) is 7.87. The first-order valence-corrected chi connectivity index (χ1v) is 9.96. The summed E-state index contributed by atoms with van der Waals surface area (Å²) in [6.45, 7) is 5.11. The number of benzene rings is 2. The number of carbonyl (C=O) groups is 1. The average molecular weight is 416 g/mol. The third-order valence-electron chi connectivity index (χ3n) is 4.92. The first kappa shape index (κ1) is 20.6. The number of hydrogen-bond acceptors (Lipinski definition) is 3. The molecule has 146 valence electrons. The number of halogens is 2. The molecule has 0 amide bonds. The van der Waals surface area contributed by atoms with Gasteiger partial charge in [0.2, 0.25) is 0 Å². The first-order valence-electron chi connectivity index (χ1n) is 9.20. The molecule has 3 aromatic rings. The molecule has 3 rings (SSSR count). The van der Waals surface area contributed by atoms with Crippen LogP contribution in [0.15, 0.2) is 48.5 Å². The topological polar surface area (TPSA) is 38.1 Å². The molecule has 1 heterocycles. The van der Waals surface area contributed by atoms with Gasteiger partial charge in [0, 0.05) is 28.7 Å². The Morgan fingerprint density at radius 3 is 2.39 bits per heavy atom. The molecule has 1 aromatic heterocycles. The van der Waals surface area contributed by atoms with Crippen molar-refractivity contribution >= 4 is 29.5 Å². The van der Waals surface area contributed by atoms with Crippen molar-refractivity contribution in [3.05, 3.63) is 69.8 Å². The number of aromatic nitrogens is 2. The molecule has 0 aliphatic rings. The van der Waals surface area contributed by atoms with Crippen LogP contribution in [0.25, 0.3) is 16.9 Å². The van der Waals surface area contributed by atoms with E-state index in [2.05, 4.69) is 30.9 Å². The van der Waals surface area contributed by atoms with Crippen LogP contribution >= 0.6 is 23.2 Å². The van der Waals surface area contributed by atoms with Gasteiger partial charge in [-0.1, -0.05) is 47.5 Å². The van der Waals surface area contributed by atoms with Crippen LogP contribution < -0.4 is 0 Å². The highest BCUT2D eigenvalue weighted by atomic mass is 35.5. The molecule has 0 bridgehead atoms. The van der Waals surface area contributed by atoms with Crippen molar-refractivity contribution < 1.29 is 4.79 Å². The molecule has 2 aromatic carbocycles. The van der Waals surface area contributed by atoms with Crippen molar-refractivity contribution in [2.45, 2.75) is 26.3 Å². The Morgan fingerprint density at radius 2 is 1.79 bits per heavy atom. The quantitative estimate of drug-likeness (QED) is 0.475. The van der Waals surface area contributed by atoms with E-state index in [4.69, 9.17) is 23.2 Å². The monoisotopic (exact) mass is 415 g/mol. The standard InChI is InChI=1S/C22H23Cl2N3O/c1-15(2)26(3)13-12-18-20(14-28)25-27(21-7-5-4-6-19(21)24)22(18)16-8-10-17(23)11-9-16/h4-11,14-15H,12-13H2,1-3H3. The molecule has 0 spiro atoms. The van der Waals surface area contributed by atoms with Gasteiger partial charge in [-0.05, 0) is 51.6 Å². The van der Waals surface area contributed by atoms with Gasteiger partial charge in [0.05, 0.1) is 16.4 Å². The van der Waals surface area contributed by atoms with Gasteiger partial charge in [-0.15, -0.1) is 0 Å². The Bertz CT molecular complexity index is 964. The summed E-state index contributed by atoms with van der Waals surface area (Å²) in [5.41, 5.74) is 3.88. The Morgan fingerprint density at radius 1 is 1.11 bits per heavy atom. The number of aldehydes is 1. The van der Waals surface area contributed by atoms with Gasteiger partial charge in [-0.2, -0.15) is 5.10 Å². The van der Waals surface area contributed by atoms with Crippen molar-refractivity contribution in [2.24, 2.45) is 0 Å². The summed E-state index contributed by atoms with van der Waals surface area (Å²) in [4.78, 5) is 14.1. The van der Waals surface area contributed by atoms with Crippen LogP contribution in [-0.2, 0) is 6.42 Å². The highest BCUT2D eigenvalue weighted by Gasteiger charge is 2.21. The maximum atomic E-state index is 11.8. The van der Waals surface area contributed by atoms with E-state index in [0.29, 0.717) is 28.2 Å². The number of para-hydroxylation sites is 1.